The maximum atomic E-state index is 11.3. The monoisotopic (exact) mass is 227 g/mol. The molecule has 0 aromatic heterocycles. The van der Waals surface area contributed by atoms with Crippen LogP contribution in [0.15, 0.2) is 0 Å². The van der Waals surface area contributed by atoms with Gasteiger partial charge in [0.25, 0.3) is 0 Å². The van der Waals surface area contributed by atoms with Crippen molar-refractivity contribution in [3.8, 4) is 0 Å². The van der Waals surface area contributed by atoms with Crippen molar-refractivity contribution in [2.75, 3.05) is 39.3 Å². The lowest BCUT2D eigenvalue weighted by Gasteiger charge is -2.21. The first-order valence-electron chi connectivity index (χ1n) is 6.10. The zero-order chi connectivity index (χ0) is 11.5. The molecule has 2 fully saturated rings. The number of nitrogens with zero attached hydrogens (tertiary/aromatic N) is 2. The van der Waals surface area contributed by atoms with Crippen LogP contribution in [0.4, 0.5) is 4.79 Å². The zero-order valence-electron chi connectivity index (χ0n) is 9.85. The van der Waals surface area contributed by atoms with Crippen molar-refractivity contribution >= 4 is 6.03 Å². The molecule has 2 rings (SSSR count). The maximum Gasteiger partial charge on any atom is 0.317 e. The number of urea groups is 1. The molecule has 5 heteroatoms. The standard InChI is InChI=1S/C11H21N3O2/c1-9(15)10-2-4-13(8-10)6-7-14-5-3-12-11(14)16/h9-10,15H,2-8H2,1H3,(H,12,16). The van der Waals surface area contributed by atoms with E-state index < -0.39 is 0 Å². The smallest absolute Gasteiger partial charge is 0.317 e. The molecular formula is C11H21N3O2. The second-order valence-corrected chi connectivity index (χ2v) is 4.81. The van der Waals surface area contributed by atoms with Crippen LogP contribution in [-0.4, -0.2) is 66.3 Å². The van der Waals surface area contributed by atoms with E-state index in [0.717, 1.165) is 45.7 Å². The minimum atomic E-state index is -0.208. The molecule has 2 aliphatic rings. The number of carbonyl (C=O) groups excluding carboxylic acids is 1. The van der Waals surface area contributed by atoms with Crippen LogP contribution in [0.25, 0.3) is 0 Å². The summed E-state index contributed by atoms with van der Waals surface area (Å²) in [5.41, 5.74) is 0. The minimum Gasteiger partial charge on any atom is -0.393 e. The number of nitrogens with one attached hydrogen (secondary N) is 1. The van der Waals surface area contributed by atoms with Gasteiger partial charge in [0.2, 0.25) is 0 Å². The summed E-state index contributed by atoms with van der Waals surface area (Å²) in [7, 11) is 0. The summed E-state index contributed by atoms with van der Waals surface area (Å²) >= 11 is 0. The predicted octanol–water partition coefficient (Wildman–Crippen LogP) is -0.286. The summed E-state index contributed by atoms with van der Waals surface area (Å²) in [5.74, 6) is 0.410. The molecule has 0 aliphatic carbocycles. The molecule has 2 N–H and O–H groups in total. The number of aliphatic hydroxyl groups is 1. The van der Waals surface area contributed by atoms with E-state index in [1.165, 1.54) is 0 Å². The Labute approximate surface area is 96.4 Å². The molecule has 16 heavy (non-hydrogen) atoms. The Morgan fingerprint density at radius 3 is 2.88 bits per heavy atom. The lowest BCUT2D eigenvalue weighted by molar-refractivity contribution is 0.126. The Morgan fingerprint density at radius 1 is 1.50 bits per heavy atom. The summed E-state index contributed by atoms with van der Waals surface area (Å²) in [6.45, 7) is 7.21. The van der Waals surface area contributed by atoms with Crippen LogP contribution in [0.3, 0.4) is 0 Å². The molecule has 2 amide bonds. The number of hydrogen-bond donors (Lipinski definition) is 2. The number of hydrogen-bond acceptors (Lipinski definition) is 3. The fourth-order valence-electron chi connectivity index (χ4n) is 2.45. The summed E-state index contributed by atoms with van der Waals surface area (Å²) in [4.78, 5) is 15.5. The normalized spacial score (nSPS) is 28.5. The fraction of sp³-hybridized carbons (Fsp3) is 0.909. The van der Waals surface area contributed by atoms with Gasteiger partial charge in [-0.15, -0.1) is 0 Å². The van der Waals surface area contributed by atoms with Gasteiger partial charge in [0.15, 0.2) is 0 Å². The highest BCUT2D eigenvalue weighted by atomic mass is 16.3. The topological polar surface area (TPSA) is 55.8 Å². The van der Waals surface area contributed by atoms with E-state index in [1.54, 1.807) is 0 Å². The van der Waals surface area contributed by atoms with Crippen molar-refractivity contribution in [1.29, 1.82) is 0 Å². The van der Waals surface area contributed by atoms with E-state index in [4.69, 9.17) is 0 Å². The molecule has 0 radical (unpaired) electrons. The van der Waals surface area contributed by atoms with Crippen LogP contribution in [0, 0.1) is 5.92 Å². The van der Waals surface area contributed by atoms with Crippen molar-refractivity contribution < 1.29 is 9.90 Å². The van der Waals surface area contributed by atoms with Gasteiger partial charge in [-0.1, -0.05) is 0 Å². The first-order chi connectivity index (χ1) is 7.66. The molecule has 5 nitrogen and oxygen atoms in total. The third-order valence-electron chi connectivity index (χ3n) is 3.62. The van der Waals surface area contributed by atoms with Gasteiger partial charge in [0.05, 0.1) is 6.10 Å². The molecule has 2 unspecified atom stereocenters. The molecule has 0 aromatic carbocycles. The van der Waals surface area contributed by atoms with E-state index in [1.807, 2.05) is 11.8 Å². The molecule has 2 atom stereocenters. The molecular weight excluding hydrogens is 206 g/mol. The van der Waals surface area contributed by atoms with Gasteiger partial charge in [0.1, 0.15) is 0 Å². The summed E-state index contributed by atoms with van der Waals surface area (Å²) in [6.07, 6.45) is 0.865. The average Bonchev–Trinajstić information content (AvgIpc) is 2.83. The highest BCUT2D eigenvalue weighted by molar-refractivity contribution is 5.76. The van der Waals surface area contributed by atoms with Gasteiger partial charge in [-0.2, -0.15) is 0 Å². The van der Waals surface area contributed by atoms with Gasteiger partial charge in [-0.3, -0.25) is 0 Å². The van der Waals surface area contributed by atoms with E-state index >= 15 is 0 Å². The zero-order valence-corrected chi connectivity index (χ0v) is 9.85. The number of rotatable bonds is 4. The second-order valence-electron chi connectivity index (χ2n) is 4.81. The molecule has 0 aromatic rings. The molecule has 2 aliphatic heterocycles. The second kappa shape index (κ2) is 5.01. The Morgan fingerprint density at radius 2 is 2.31 bits per heavy atom. The van der Waals surface area contributed by atoms with Crippen LogP contribution in [0.5, 0.6) is 0 Å². The van der Waals surface area contributed by atoms with Crippen LogP contribution in [0.1, 0.15) is 13.3 Å². The minimum absolute atomic E-state index is 0.0614. The van der Waals surface area contributed by atoms with E-state index in [0.29, 0.717) is 5.92 Å². The van der Waals surface area contributed by atoms with Crippen molar-refractivity contribution in [2.24, 2.45) is 5.92 Å². The SMILES string of the molecule is CC(O)C1CCN(CCN2CCNC2=O)C1. The average molecular weight is 227 g/mol. The van der Waals surface area contributed by atoms with Crippen LogP contribution < -0.4 is 5.32 Å². The molecule has 2 saturated heterocycles. The molecule has 0 bridgehead atoms. The van der Waals surface area contributed by atoms with Crippen LogP contribution >= 0.6 is 0 Å². The summed E-state index contributed by atoms with van der Waals surface area (Å²) in [5, 5.41) is 12.3. The molecule has 0 spiro atoms. The fourth-order valence-corrected chi connectivity index (χ4v) is 2.45. The Bertz CT molecular complexity index is 258. The van der Waals surface area contributed by atoms with E-state index in [-0.39, 0.29) is 12.1 Å². The van der Waals surface area contributed by atoms with Crippen molar-refractivity contribution in [2.45, 2.75) is 19.4 Å². The van der Waals surface area contributed by atoms with E-state index in [2.05, 4.69) is 10.2 Å². The Balaban J connectivity index is 1.69. The highest BCUT2D eigenvalue weighted by Gasteiger charge is 2.27. The van der Waals surface area contributed by atoms with Gasteiger partial charge in [-0.25, -0.2) is 4.79 Å². The quantitative estimate of drug-likeness (QED) is 0.694. The number of amides is 2. The highest BCUT2D eigenvalue weighted by Crippen LogP contribution is 2.19. The van der Waals surface area contributed by atoms with Crippen molar-refractivity contribution in [3.63, 3.8) is 0 Å². The summed E-state index contributed by atoms with van der Waals surface area (Å²) < 4.78 is 0. The van der Waals surface area contributed by atoms with Crippen molar-refractivity contribution in [1.82, 2.24) is 15.1 Å². The molecule has 2 heterocycles. The maximum absolute atomic E-state index is 11.3. The van der Waals surface area contributed by atoms with Crippen LogP contribution in [0.2, 0.25) is 0 Å². The molecule has 92 valence electrons. The van der Waals surface area contributed by atoms with Crippen molar-refractivity contribution in [3.05, 3.63) is 0 Å². The van der Waals surface area contributed by atoms with E-state index in [9.17, 15) is 9.90 Å². The van der Waals surface area contributed by atoms with Crippen LogP contribution in [-0.2, 0) is 0 Å². The lowest BCUT2D eigenvalue weighted by Crippen LogP contribution is -2.36. The number of carbonyl (C=O) groups is 1. The third kappa shape index (κ3) is 2.65. The largest absolute Gasteiger partial charge is 0.393 e. The van der Waals surface area contributed by atoms with Gasteiger partial charge >= 0.3 is 6.03 Å². The van der Waals surface area contributed by atoms with Gasteiger partial charge in [0, 0.05) is 32.7 Å². The molecule has 0 saturated carbocycles. The Kier molecular flexibility index (Phi) is 3.66. The Hall–Kier alpha value is -0.810. The number of likely N-dealkylation sites (tertiary alicyclic amines) is 1. The predicted molar refractivity (Wildman–Crippen MR) is 61.2 cm³/mol. The third-order valence-corrected chi connectivity index (χ3v) is 3.62. The lowest BCUT2D eigenvalue weighted by atomic mass is 10.0. The van der Waals surface area contributed by atoms with Gasteiger partial charge < -0.3 is 20.2 Å². The first kappa shape index (κ1) is 11.7. The number of aliphatic hydroxyl groups excluding tert-OH is 1. The summed E-state index contributed by atoms with van der Waals surface area (Å²) in [6, 6.07) is 0.0614. The van der Waals surface area contributed by atoms with Gasteiger partial charge in [-0.05, 0) is 25.8 Å². The first-order valence-corrected chi connectivity index (χ1v) is 6.10.